The lowest BCUT2D eigenvalue weighted by Crippen LogP contribution is -2.14. The van der Waals surface area contributed by atoms with Crippen LogP contribution in [0.4, 0.5) is 5.82 Å². The molecule has 88 valence electrons. The number of hydrogen-bond donors (Lipinski definition) is 2. The first kappa shape index (κ1) is 12.4. The molecule has 0 amide bonds. The largest absolute Gasteiger partial charge is 0.389 e. The third-order valence-electron chi connectivity index (χ3n) is 2.04. The Balaban J connectivity index is 2.11. The second-order valence-electron chi connectivity index (χ2n) is 3.24. The Morgan fingerprint density at radius 2 is 2.41 bits per heavy atom. The number of hydrogen-bond acceptors (Lipinski definition) is 5. The maximum absolute atomic E-state index is 5.61. The van der Waals surface area contributed by atoms with E-state index >= 15 is 0 Å². The van der Waals surface area contributed by atoms with Crippen molar-refractivity contribution in [1.82, 2.24) is 10.2 Å². The SMILES string of the molecule is NC(=S)c1ccnnc1NCc1cc(Br)cs1. The first-order valence-electron chi connectivity index (χ1n) is 4.75. The van der Waals surface area contributed by atoms with Crippen LogP contribution in [0, 0.1) is 0 Å². The quantitative estimate of drug-likeness (QED) is 0.844. The number of thiophene rings is 1. The molecule has 17 heavy (non-hydrogen) atoms. The summed E-state index contributed by atoms with van der Waals surface area (Å²) in [6.45, 7) is 0.671. The smallest absolute Gasteiger partial charge is 0.159 e. The highest BCUT2D eigenvalue weighted by atomic mass is 79.9. The van der Waals surface area contributed by atoms with Crippen molar-refractivity contribution in [3.05, 3.63) is 38.6 Å². The zero-order valence-electron chi connectivity index (χ0n) is 8.68. The second kappa shape index (κ2) is 5.52. The summed E-state index contributed by atoms with van der Waals surface area (Å²) in [6.07, 6.45) is 1.57. The molecule has 4 nitrogen and oxygen atoms in total. The molecule has 2 aromatic heterocycles. The van der Waals surface area contributed by atoms with Crippen molar-refractivity contribution in [3.8, 4) is 0 Å². The van der Waals surface area contributed by atoms with Crippen LogP contribution in [0.2, 0.25) is 0 Å². The van der Waals surface area contributed by atoms with Crippen LogP contribution < -0.4 is 11.1 Å². The van der Waals surface area contributed by atoms with Gasteiger partial charge >= 0.3 is 0 Å². The van der Waals surface area contributed by atoms with E-state index in [1.54, 1.807) is 23.6 Å². The topological polar surface area (TPSA) is 63.8 Å². The summed E-state index contributed by atoms with van der Waals surface area (Å²) in [5, 5.41) is 13.0. The minimum Gasteiger partial charge on any atom is -0.389 e. The van der Waals surface area contributed by atoms with Gasteiger partial charge in [-0.1, -0.05) is 12.2 Å². The molecule has 0 aromatic carbocycles. The van der Waals surface area contributed by atoms with E-state index in [-0.39, 0.29) is 0 Å². The van der Waals surface area contributed by atoms with Gasteiger partial charge in [-0.2, -0.15) is 5.10 Å². The van der Waals surface area contributed by atoms with Crippen molar-refractivity contribution in [1.29, 1.82) is 0 Å². The van der Waals surface area contributed by atoms with Crippen LogP contribution >= 0.6 is 39.5 Å². The normalized spacial score (nSPS) is 10.2. The molecule has 0 unspecified atom stereocenters. The van der Waals surface area contributed by atoms with Gasteiger partial charge in [0.25, 0.3) is 0 Å². The fraction of sp³-hybridized carbons (Fsp3) is 0.100. The minimum absolute atomic E-state index is 0.315. The van der Waals surface area contributed by atoms with Crippen LogP contribution in [-0.4, -0.2) is 15.2 Å². The summed E-state index contributed by atoms with van der Waals surface area (Å²) in [4.78, 5) is 1.51. The summed E-state index contributed by atoms with van der Waals surface area (Å²) in [6, 6.07) is 3.80. The number of anilines is 1. The highest BCUT2D eigenvalue weighted by Gasteiger charge is 2.06. The molecular weight excluding hydrogens is 320 g/mol. The highest BCUT2D eigenvalue weighted by Crippen LogP contribution is 2.21. The van der Waals surface area contributed by atoms with E-state index in [9.17, 15) is 0 Å². The van der Waals surface area contributed by atoms with Crippen LogP contribution in [0.15, 0.2) is 28.2 Å². The van der Waals surface area contributed by atoms with Gasteiger partial charge in [0.05, 0.1) is 18.3 Å². The van der Waals surface area contributed by atoms with Crippen molar-refractivity contribution in [2.45, 2.75) is 6.54 Å². The van der Waals surface area contributed by atoms with Gasteiger partial charge < -0.3 is 11.1 Å². The van der Waals surface area contributed by atoms with Gasteiger partial charge in [0.2, 0.25) is 0 Å². The molecule has 0 spiro atoms. The van der Waals surface area contributed by atoms with Crippen LogP contribution in [-0.2, 0) is 6.54 Å². The molecule has 0 atom stereocenters. The first-order valence-corrected chi connectivity index (χ1v) is 6.83. The third-order valence-corrected chi connectivity index (χ3v) is 3.96. The van der Waals surface area contributed by atoms with E-state index in [0.29, 0.717) is 22.9 Å². The summed E-state index contributed by atoms with van der Waals surface area (Å²) in [5.74, 6) is 0.615. The molecular formula is C10H9BrN4S2. The molecule has 0 radical (unpaired) electrons. The highest BCUT2D eigenvalue weighted by molar-refractivity contribution is 9.10. The van der Waals surface area contributed by atoms with Crippen LogP contribution in [0.25, 0.3) is 0 Å². The standard InChI is InChI=1S/C10H9BrN4S2/c11-6-3-7(17-5-6)4-13-10-8(9(12)16)1-2-14-15-10/h1-3,5H,4H2,(H2,12,16)(H,13,15). The maximum atomic E-state index is 5.61. The van der Waals surface area contributed by atoms with Gasteiger partial charge in [-0.05, 0) is 28.1 Å². The van der Waals surface area contributed by atoms with Gasteiger partial charge in [0.15, 0.2) is 5.82 Å². The molecule has 3 N–H and O–H groups in total. The summed E-state index contributed by atoms with van der Waals surface area (Å²) in [7, 11) is 0. The van der Waals surface area contributed by atoms with E-state index in [1.807, 2.05) is 5.38 Å². The molecule has 0 saturated heterocycles. The van der Waals surface area contributed by atoms with Crippen LogP contribution in [0.1, 0.15) is 10.4 Å². The van der Waals surface area contributed by atoms with E-state index < -0.39 is 0 Å². The van der Waals surface area contributed by atoms with Gasteiger partial charge in [-0.15, -0.1) is 16.4 Å². The summed E-state index contributed by atoms with van der Waals surface area (Å²) in [5.41, 5.74) is 6.32. The Hall–Kier alpha value is -1.05. The zero-order chi connectivity index (χ0) is 12.3. The number of rotatable bonds is 4. The Labute approximate surface area is 116 Å². The van der Waals surface area contributed by atoms with Crippen molar-refractivity contribution in [3.63, 3.8) is 0 Å². The average molecular weight is 329 g/mol. The fourth-order valence-electron chi connectivity index (χ4n) is 1.28. The summed E-state index contributed by atoms with van der Waals surface area (Å²) < 4.78 is 1.08. The Bertz CT molecular complexity index is 541. The molecule has 0 aliphatic carbocycles. The van der Waals surface area contributed by atoms with Crippen molar-refractivity contribution >= 4 is 50.3 Å². The second-order valence-corrected chi connectivity index (χ2v) is 5.59. The van der Waals surface area contributed by atoms with E-state index in [1.165, 1.54) is 4.88 Å². The van der Waals surface area contributed by atoms with Crippen molar-refractivity contribution < 1.29 is 0 Å². The van der Waals surface area contributed by atoms with E-state index in [2.05, 4.69) is 37.5 Å². The molecule has 0 aliphatic heterocycles. The van der Waals surface area contributed by atoms with Crippen molar-refractivity contribution in [2.75, 3.05) is 5.32 Å². The molecule has 0 saturated carbocycles. The van der Waals surface area contributed by atoms with Gasteiger partial charge in [-0.25, -0.2) is 0 Å². The fourth-order valence-corrected chi connectivity index (χ4v) is 2.83. The molecule has 7 heteroatoms. The van der Waals surface area contributed by atoms with Gasteiger partial charge in [0.1, 0.15) is 4.99 Å². The molecule has 2 rings (SSSR count). The number of thiocarbonyl (C=S) groups is 1. The Morgan fingerprint density at radius 3 is 3.06 bits per heavy atom. The van der Waals surface area contributed by atoms with Crippen molar-refractivity contribution in [2.24, 2.45) is 5.73 Å². The maximum Gasteiger partial charge on any atom is 0.159 e. The van der Waals surface area contributed by atoms with Crippen LogP contribution in [0.5, 0.6) is 0 Å². The first-order chi connectivity index (χ1) is 8.16. The number of nitrogens with one attached hydrogen (secondary N) is 1. The zero-order valence-corrected chi connectivity index (χ0v) is 11.9. The third kappa shape index (κ3) is 3.21. The predicted octanol–water partition coefficient (Wildman–Crippen LogP) is 2.55. The molecule has 2 aromatic rings. The van der Waals surface area contributed by atoms with E-state index in [4.69, 9.17) is 18.0 Å². The average Bonchev–Trinajstić information content (AvgIpc) is 2.73. The monoisotopic (exact) mass is 328 g/mol. The van der Waals surface area contributed by atoms with Gasteiger partial charge in [-0.3, -0.25) is 0 Å². The summed E-state index contributed by atoms with van der Waals surface area (Å²) >= 11 is 10.0. The predicted molar refractivity (Wildman–Crippen MR) is 77.3 cm³/mol. The minimum atomic E-state index is 0.315. The lowest BCUT2D eigenvalue weighted by Gasteiger charge is -2.07. The van der Waals surface area contributed by atoms with E-state index in [0.717, 1.165) is 4.47 Å². The van der Waals surface area contributed by atoms with Crippen LogP contribution in [0.3, 0.4) is 0 Å². The molecule has 2 heterocycles. The number of halogens is 1. The molecule has 0 bridgehead atoms. The number of nitrogens with zero attached hydrogens (tertiary/aromatic N) is 2. The number of nitrogens with two attached hydrogens (primary N) is 1. The Kier molecular flexibility index (Phi) is 4.03. The molecule has 0 aliphatic rings. The lowest BCUT2D eigenvalue weighted by molar-refractivity contribution is 1.00. The number of aromatic nitrogens is 2. The Morgan fingerprint density at radius 1 is 1.59 bits per heavy atom. The lowest BCUT2D eigenvalue weighted by atomic mass is 10.3. The van der Waals surface area contributed by atoms with Gasteiger partial charge in [0, 0.05) is 14.7 Å². The molecule has 0 fully saturated rings.